The lowest BCUT2D eigenvalue weighted by Gasteiger charge is -2.09. The lowest BCUT2D eigenvalue weighted by Crippen LogP contribution is -2.05. The molecule has 0 amide bonds. The standard InChI is InChI=1S/C18H17ClO2/c1-13(2)21-17-10-3-14(4-11-17)5-12-18(20)15-6-8-16(19)9-7-15/h3-13H,1-2H3/b12-5+. The second-order valence-electron chi connectivity index (χ2n) is 4.94. The van der Waals surface area contributed by atoms with Crippen molar-refractivity contribution in [2.75, 3.05) is 0 Å². The van der Waals surface area contributed by atoms with Gasteiger partial charge in [0.05, 0.1) is 6.10 Å². The summed E-state index contributed by atoms with van der Waals surface area (Å²) >= 11 is 5.80. The fraction of sp³-hybridized carbons (Fsp3) is 0.167. The average Bonchev–Trinajstić information content (AvgIpc) is 2.46. The molecule has 0 unspecified atom stereocenters. The molecule has 0 aliphatic carbocycles. The molecule has 0 aliphatic heterocycles. The van der Waals surface area contributed by atoms with Gasteiger partial charge in [-0.1, -0.05) is 29.8 Å². The van der Waals surface area contributed by atoms with Gasteiger partial charge in [-0.3, -0.25) is 4.79 Å². The molecule has 0 heterocycles. The Morgan fingerprint density at radius 1 is 1.05 bits per heavy atom. The molecule has 21 heavy (non-hydrogen) atoms. The SMILES string of the molecule is CC(C)Oc1ccc(/C=C/C(=O)c2ccc(Cl)cc2)cc1. The highest BCUT2D eigenvalue weighted by Crippen LogP contribution is 2.15. The zero-order valence-electron chi connectivity index (χ0n) is 12.0. The molecule has 0 aromatic heterocycles. The molecule has 2 aromatic carbocycles. The second kappa shape index (κ2) is 7.09. The molecular formula is C18H17ClO2. The van der Waals surface area contributed by atoms with Crippen LogP contribution in [0.2, 0.25) is 5.02 Å². The maximum Gasteiger partial charge on any atom is 0.185 e. The Morgan fingerprint density at radius 3 is 2.24 bits per heavy atom. The second-order valence-corrected chi connectivity index (χ2v) is 5.38. The van der Waals surface area contributed by atoms with Gasteiger partial charge in [-0.25, -0.2) is 0 Å². The van der Waals surface area contributed by atoms with Gasteiger partial charge in [-0.15, -0.1) is 0 Å². The van der Waals surface area contributed by atoms with Crippen molar-refractivity contribution in [3.8, 4) is 5.75 Å². The van der Waals surface area contributed by atoms with E-state index in [0.717, 1.165) is 11.3 Å². The third-order valence-electron chi connectivity index (χ3n) is 2.81. The van der Waals surface area contributed by atoms with E-state index in [9.17, 15) is 4.79 Å². The molecule has 108 valence electrons. The van der Waals surface area contributed by atoms with Gasteiger partial charge in [-0.2, -0.15) is 0 Å². The minimum atomic E-state index is -0.0471. The highest BCUT2D eigenvalue weighted by atomic mass is 35.5. The maximum absolute atomic E-state index is 12.0. The Balaban J connectivity index is 2.03. The van der Waals surface area contributed by atoms with E-state index in [1.165, 1.54) is 0 Å². The van der Waals surface area contributed by atoms with Crippen molar-refractivity contribution in [3.63, 3.8) is 0 Å². The predicted molar refractivity (Wildman–Crippen MR) is 87.0 cm³/mol. The van der Waals surface area contributed by atoms with E-state index in [2.05, 4.69) is 0 Å². The third-order valence-corrected chi connectivity index (χ3v) is 3.06. The van der Waals surface area contributed by atoms with Crippen LogP contribution in [0.15, 0.2) is 54.6 Å². The minimum Gasteiger partial charge on any atom is -0.491 e. The molecule has 0 N–H and O–H groups in total. The number of benzene rings is 2. The van der Waals surface area contributed by atoms with Crippen molar-refractivity contribution in [1.29, 1.82) is 0 Å². The first-order chi connectivity index (χ1) is 10.0. The van der Waals surface area contributed by atoms with Gasteiger partial charge < -0.3 is 4.74 Å². The molecule has 3 heteroatoms. The van der Waals surface area contributed by atoms with E-state index in [-0.39, 0.29) is 11.9 Å². The van der Waals surface area contributed by atoms with Crippen molar-refractivity contribution < 1.29 is 9.53 Å². The highest BCUT2D eigenvalue weighted by molar-refractivity contribution is 6.30. The Morgan fingerprint density at radius 2 is 1.67 bits per heavy atom. The Hall–Kier alpha value is -2.06. The molecule has 0 aliphatic rings. The molecule has 2 rings (SSSR count). The van der Waals surface area contributed by atoms with Crippen LogP contribution in [0.5, 0.6) is 5.75 Å². The molecule has 2 aromatic rings. The van der Waals surface area contributed by atoms with Gasteiger partial charge in [-0.05, 0) is 61.9 Å². The summed E-state index contributed by atoms with van der Waals surface area (Å²) in [6.45, 7) is 3.97. The summed E-state index contributed by atoms with van der Waals surface area (Å²) in [5, 5.41) is 0.622. The Labute approximate surface area is 130 Å². The first-order valence-corrected chi connectivity index (χ1v) is 7.17. The number of ketones is 1. The molecule has 0 bridgehead atoms. The van der Waals surface area contributed by atoms with Crippen molar-refractivity contribution in [3.05, 3.63) is 70.8 Å². The zero-order chi connectivity index (χ0) is 15.2. The molecule has 0 saturated carbocycles. The molecular weight excluding hydrogens is 284 g/mol. The van der Waals surface area contributed by atoms with Crippen LogP contribution in [-0.4, -0.2) is 11.9 Å². The van der Waals surface area contributed by atoms with Gasteiger partial charge in [0.1, 0.15) is 5.75 Å². The summed E-state index contributed by atoms with van der Waals surface area (Å²) < 4.78 is 5.57. The van der Waals surface area contributed by atoms with E-state index >= 15 is 0 Å². The lowest BCUT2D eigenvalue weighted by atomic mass is 10.1. The number of hydrogen-bond acceptors (Lipinski definition) is 2. The van der Waals surface area contributed by atoms with Crippen LogP contribution in [0, 0.1) is 0 Å². The van der Waals surface area contributed by atoms with Crippen LogP contribution >= 0.6 is 11.6 Å². The Bertz CT molecular complexity index is 625. The van der Waals surface area contributed by atoms with E-state index in [1.807, 2.05) is 38.1 Å². The summed E-state index contributed by atoms with van der Waals surface area (Å²) in [4.78, 5) is 12.0. The first kappa shape index (κ1) is 15.3. The van der Waals surface area contributed by atoms with Crippen molar-refractivity contribution in [1.82, 2.24) is 0 Å². The van der Waals surface area contributed by atoms with E-state index < -0.39 is 0 Å². The van der Waals surface area contributed by atoms with Crippen molar-refractivity contribution in [2.24, 2.45) is 0 Å². The van der Waals surface area contributed by atoms with Crippen LogP contribution < -0.4 is 4.74 Å². The fourth-order valence-corrected chi connectivity index (χ4v) is 1.94. The number of allylic oxidation sites excluding steroid dienone is 1. The number of carbonyl (C=O) groups excluding carboxylic acids is 1. The summed E-state index contributed by atoms with van der Waals surface area (Å²) in [6.07, 6.45) is 3.50. The third kappa shape index (κ3) is 4.76. The van der Waals surface area contributed by atoms with Gasteiger partial charge in [0, 0.05) is 10.6 Å². The van der Waals surface area contributed by atoms with Gasteiger partial charge in [0.2, 0.25) is 0 Å². The van der Waals surface area contributed by atoms with E-state index in [1.54, 1.807) is 36.4 Å². The quantitative estimate of drug-likeness (QED) is 0.572. The van der Waals surface area contributed by atoms with Gasteiger partial charge in [0.15, 0.2) is 5.78 Å². The smallest absolute Gasteiger partial charge is 0.185 e. The molecule has 0 spiro atoms. The van der Waals surface area contributed by atoms with Gasteiger partial charge in [0.25, 0.3) is 0 Å². The highest BCUT2D eigenvalue weighted by Gasteiger charge is 2.01. The number of halogens is 1. The van der Waals surface area contributed by atoms with Crippen LogP contribution in [0.4, 0.5) is 0 Å². The van der Waals surface area contributed by atoms with E-state index in [4.69, 9.17) is 16.3 Å². The molecule has 0 saturated heterocycles. The minimum absolute atomic E-state index is 0.0471. The average molecular weight is 301 g/mol. The van der Waals surface area contributed by atoms with Crippen LogP contribution in [-0.2, 0) is 0 Å². The molecule has 2 nitrogen and oxygen atoms in total. The monoisotopic (exact) mass is 300 g/mol. The normalized spacial score (nSPS) is 11.0. The largest absolute Gasteiger partial charge is 0.491 e. The number of rotatable bonds is 5. The van der Waals surface area contributed by atoms with Crippen LogP contribution in [0.3, 0.4) is 0 Å². The van der Waals surface area contributed by atoms with Crippen LogP contribution in [0.1, 0.15) is 29.8 Å². The topological polar surface area (TPSA) is 26.3 Å². The van der Waals surface area contributed by atoms with Crippen molar-refractivity contribution >= 4 is 23.5 Å². The Kier molecular flexibility index (Phi) is 5.18. The van der Waals surface area contributed by atoms with E-state index in [0.29, 0.717) is 10.6 Å². The summed E-state index contributed by atoms with van der Waals surface area (Å²) in [6, 6.07) is 14.5. The predicted octanol–water partition coefficient (Wildman–Crippen LogP) is 5.02. The molecule has 0 atom stereocenters. The maximum atomic E-state index is 12.0. The number of ether oxygens (including phenoxy) is 1. The fourth-order valence-electron chi connectivity index (χ4n) is 1.81. The molecule has 0 fully saturated rings. The van der Waals surface area contributed by atoms with Crippen LogP contribution in [0.25, 0.3) is 6.08 Å². The van der Waals surface area contributed by atoms with Gasteiger partial charge >= 0.3 is 0 Å². The number of carbonyl (C=O) groups is 1. The first-order valence-electron chi connectivity index (χ1n) is 6.79. The number of hydrogen-bond donors (Lipinski definition) is 0. The summed E-state index contributed by atoms with van der Waals surface area (Å²) in [5.74, 6) is 0.778. The zero-order valence-corrected chi connectivity index (χ0v) is 12.8. The summed E-state index contributed by atoms with van der Waals surface area (Å²) in [7, 11) is 0. The lowest BCUT2D eigenvalue weighted by molar-refractivity contribution is 0.104. The summed E-state index contributed by atoms with van der Waals surface area (Å²) in [5.41, 5.74) is 1.57. The van der Waals surface area contributed by atoms with Crippen molar-refractivity contribution in [2.45, 2.75) is 20.0 Å². The molecule has 0 radical (unpaired) electrons.